The van der Waals surface area contributed by atoms with Crippen LogP contribution in [0.15, 0.2) is 41.8 Å². The van der Waals surface area contributed by atoms with E-state index in [0.29, 0.717) is 25.9 Å². The average Bonchev–Trinajstić information content (AvgIpc) is 3.27. The van der Waals surface area contributed by atoms with Crippen LogP contribution in [0.3, 0.4) is 0 Å². The minimum absolute atomic E-state index is 0.101. The fourth-order valence-electron chi connectivity index (χ4n) is 5.07. The van der Waals surface area contributed by atoms with Gasteiger partial charge in [0.05, 0.1) is 17.2 Å². The topological polar surface area (TPSA) is 57.7 Å². The van der Waals surface area contributed by atoms with E-state index in [2.05, 4.69) is 23.3 Å². The van der Waals surface area contributed by atoms with Gasteiger partial charge in [0.25, 0.3) is 0 Å². The first-order valence-electron chi connectivity index (χ1n) is 10.8. The van der Waals surface area contributed by atoms with Crippen LogP contribution in [0.5, 0.6) is 0 Å². The van der Waals surface area contributed by atoms with Crippen LogP contribution in [-0.4, -0.2) is 48.9 Å². The van der Waals surface area contributed by atoms with Crippen LogP contribution in [-0.2, 0) is 26.7 Å². The van der Waals surface area contributed by atoms with Gasteiger partial charge in [0, 0.05) is 24.5 Å². The lowest BCUT2D eigenvalue weighted by Crippen LogP contribution is -2.55. The van der Waals surface area contributed by atoms with Crippen molar-refractivity contribution in [2.24, 2.45) is 0 Å². The summed E-state index contributed by atoms with van der Waals surface area (Å²) in [5.74, 6) is 0.260. The number of piperidine rings is 1. The van der Waals surface area contributed by atoms with Gasteiger partial charge in [-0.25, -0.2) is 12.7 Å². The Morgan fingerprint density at radius 3 is 2.43 bits per heavy atom. The summed E-state index contributed by atoms with van der Waals surface area (Å²) >= 11 is 1.78. The third-order valence-corrected chi connectivity index (χ3v) is 9.69. The van der Waals surface area contributed by atoms with E-state index in [-0.39, 0.29) is 17.7 Å². The molecule has 5 nitrogen and oxygen atoms in total. The second-order valence-electron chi connectivity index (χ2n) is 8.22. The smallest absolute Gasteiger partial charge is 0.233 e. The Morgan fingerprint density at radius 2 is 1.80 bits per heavy atom. The summed E-state index contributed by atoms with van der Waals surface area (Å²) in [7, 11) is -3.24. The molecule has 1 unspecified atom stereocenters. The normalized spacial score (nSPS) is 21.9. The lowest BCUT2D eigenvalue weighted by Gasteiger charge is -2.46. The minimum Gasteiger partial charge on any atom is -0.334 e. The van der Waals surface area contributed by atoms with Crippen LogP contribution in [0.4, 0.5) is 0 Å². The standard InChI is InChI=1S/C23H30N2O3S2/c1-3-20-19-11-17-29-21(19)10-14-25(20)22(26)23(18-8-6-5-7-9-18)12-15-24(16-13-23)30(27,28)4-2/h5-9,11,17,20H,3-4,10,12-16H2,1-2H3. The SMILES string of the molecule is CCC1c2ccsc2CCN1C(=O)C1(c2ccccc2)CCN(S(=O)(=O)CC)CC1. The zero-order valence-corrected chi connectivity index (χ0v) is 19.3. The van der Waals surface area contributed by atoms with Gasteiger partial charge in [-0.05, 0) is 55.2 Å². The number of carbonyl (C=O) groups excluding carboxylic acids is 1. The second kappa shape index (κ2) is 8.44. The summed E-state index contributed by atoms with van der Waals surface area (Å²) in [4.78, 5) is 17.6. The highest BCUT2D eigenvalue weighted by molar-refractivity contribution is 7.89. The number of hydrogen-bond donors (Lipinski definition) is 0. The van der Waals surface area contributed by atoms with E-state index in [4.69, 9.17) is 0 Å². The zero-order valence-electron chi connectivity index (χ0n) is 17.7. The molecule has 0 spiro atoms. The quantitative estimate of drug-likeness (QED) is 0.698. The van der Waals surface area contributed by atoms with E-state index < -0.39 is 15.4 Å². The Balaban J connectivity index is 1.69. The van der Waals surface area contributed by atoms with Crippen molar-refractivity contribution in [2.45, 2.75) is 51.0 Å². The first-order chi connectivity index (χ1) is 14.4. The molecule has 1 saturated heterocycles. The predicted octanol–water partition coefficient (Wildman–Crippen LogP) is 3.97. The van der Waals surface area contributed by atoms with Crippen molar-refractivity contribution in [3.63, 3.8) is 0 Å². The van der Waals surface area contributed by atoms with Gasteiger partial charge < -0.3 is 4.90 Å². The Labute approximate surface area is 183 Å². The molecule has 1 atom stereocenters. The van der Waals surface area contributed by atoms with Gasteiger partial charge in [-0.2, -0.15) is 0 Å². The van der Waals surface area contributed by atoms with Crippen LogP contribution in [0, 0.1) is 0 Å². The molecule has 7 heteroatoms. The molecule has 30 heavy (non-hydrogen) atoms. The molecule has 1 aromatic carbocycles. The van der Waals surface area contributed by atoms with E-state index in [1.807, 2.05) is 30.3 Å². The second-order valence-corrected chi connectivity index (χ2v) is 11.5. The summed E-state index contributed by atoms with van der Waals surface area (Å²) in [5.41, 5.74) is 1.63. The number of nitrogens with zero attached hydrogens (tertiary/aromatic N) is 2. The number of benzene rings is 1. The van der Waals surface area contributed by atoms with E-state index >= 15 is 0 Å². The third kappa shape index (κ3) is 3.61. The minimum atomic E-state index is -3.24. The highest BCUT2D eigenvalue weighted by Crippen LogP contribution is 2.43. The highest BCUT2D eigenvalue weighted by atomic mass is 32.2. The maximum absolute atomic E-state index is 14.2. The van der Waals surface area contributed by atoms with Crippen molar-refractivity contribution in [1.29, 1.82) is 0 Å². The molecule has 0 N–H and O–H groups in total. The molecule has 2 aromatic rings. The predicted molar refractivity (Wildman–Crippen MR) is 121 cm³/mol. The molecule has 2 aliphatic heterocycles. The third-order valence-electron chi connectivity index (χ3n) is 6.81. The van der Waals surface area contributed by atoms with Crippen molar-refractivity contribution < 1.29 is 13.2 Å². The van der Waals surface area contributed by atoms with Gasteiger partial charge in [-0.3, -0.25) is 4.79 Å². The van der Waals surface area contributed by atoms with Crippen molar-refractivity contribution in [1.82, 2.24) is 9.21 Å². The molecule has 0 bridgehead atoms. The monoisotopic (exact) mass is 446 g/mol. The molecule has 0 saturated carbocycles. The number of rotatable bonds is 5. The summed E-state index contributed by atoms with van der Waals surface area (Å²) < 4.78 is 26.4. The van der Waals surface area contributed by atoms with Gasteiger partial charge in [0.1, 0.15) is 0 Å². The van der Waals surface area contributed by atoms with Crippen LogP contribution < -0.4 is 0 Å². The van der Waals surface area contributed by atoms with Gasteiger partial charge in [0.2, 0.25) is 15.9 Å². The van der Waals surface area contributed by atoms with Crippen LogP contribution in [0.1, 0.15) is 55.2 Å². The number of sulfonamides is 1. The molecule has 3 heterocycles. The number of thiophene rings is 1. The maximum Gasteiger partial charge on any atom is 0.233 e. The summed E-state index contributed by atoms with van der Waals surface area (Å²) in [5, 5.41) is 2.13. The molecule has 1 aromatic heterocycles. The fraction of sp³-hybridized carbons (Fsp3) is 0.522. The number of carbonyl (C=O) groups is 1. The van der Waals surface area contributed by atoms with Gasteiger partial charge in [-0.1, -0.05) is 37.3 Å². The zero-order chi connectivity index (χ0) is 21.4. The Kier molecular flexibility index (Phi) is 6.06. The van der Waals surface area contributed by atoms with Crippen molar-refractivity contribution in [3.05, 3.63) is 57.8 Å². The lowest BCUT2D eigenvalue weighted by molar-refractivity contribution is -0.142. The molecular formula is C23H30N2O3S2. The van der Waals surface area contributed by atoms with Gasteiger partial charge in [0.15, 0.2) is 0 Å². The molecule has 1 fully saturated rings. The van der Waals surface area contributed by atoms with Gasteiger partial charge in [-0.15, -0.1) is 11.3 Å². The van der Waals surface area contributed by atoms with E-state index in [1.54, 1.807) is 22.6 Å². The summed E-state index contributed by atoms with van der Waals surface area (Å²) in [6, 6.07) is 12.2. The van der Waals surface area contributed by atoms with Crippen LogP contribution in [0.2, 0.25) is 0 Å². The molecule has 4 rings (SSSR count). The number of hydrogen-bond acceptors (Lipinski definition) is 4. The Morgan fingerprint density at radius 1 is 1.10 bits per heavy atom. The van der Waals surface area contributed by atoms with E-state index in [1.165, 1.54) is 10.4 Å². The van der Waals surface area contributed by atoms with Crippen molar-refractivity contribution in [2.75, 3.05) is 25.4 Å². The first kappa shape index (κ1) is 21.5. The molecule has 162 valence electrons. The average molecular weight is 447 g/mol. The Bertz CT molecular complexity index is 992. The van der Waals surface area contributed by atoms with Crippen molar-refractivity contribution >= 4 is 27.3 Å². The maximum atomic E-state index is 14.2. The lowest BCUT2D eigenvalue weighted by atomic mass is 9.71. The van der Waals surface area contributed by atoms with Crippen molar-refractivity contribution in [3.8, 4) is 0 Å². The van der Waals surface area contributed by atoms with E-state index in [0.717, 1.165) is 24.9 Å². The molecular weight excluding hydrogens is 416 g/mol. The van der Waals surface area contributed by atoms with Crippen LogP contribution in [0.25, 0.3) is 0 Å². The summed E-state index contributed by atoms with van der Waals surface area (Å²) in [6.45, 7) is 5.34. The molecule has 1 amide bonds. The summed E-state index contributed by atoms with van der Waals surface area (Å²) in [6.07, 6.45) is 2.84. The Hall–Kier alpha value is -1.70. The molecule has 0 radical (unpaired) electrons. The van der Waals surface area contributed by atoms with Crippen LogP contribution >= 0.6 is 11.3 Å². The largest absolute Gasteiger partial charge is 0.334 e. The molecule has 0 aliphatic carbocycles. The highest BCUT2D eigenvalue weighted by Gasteiger charge is 2.48. The van der Waals surface area contributed by atoms with E-state index in [9.17, 15) is 13.2 Å². The first-order valence-corrected chi connectivity index (χ1v) is 13.3. The molecule has 2 aliphatic rings. The number of amides is 1. The van der Waals surface area contributed by atoms with Gasteiger partial charge >= 0.3 is 0 Å². The fourth-order valence-corrected chi connectivity index (χ4v) is 7.10. The number of fused-ring (bicyclic) bond motifs is 1.